The molecule has 9 nitrogen and oxygen atoms in total. The van der Waals surface area contributed by atoms with Gasteiger partial charge >= 0.3 is 5.97 Å². The second kappa shape index (κ2) is 11.4. The lowest BCUT2D eigenvalue weighted by atomic mass is 9.73. The fourth-order valence-electron chi connectivity index (χ4n) is 4.89. The van der Waals surface area contributed by atoms with E-state index in [1.54, 1.807) is 40.0 Å². The number of benzene rings is 2. The second-order valence-electron chi connectivity index (χ2n) is 9.38. The largest absolute Gasteiger partial charge is 0.493 e. The molecule has 2 aromatic rings. The molecule has 38 heavy (non-hydrogen) atoms. The Balaban J connectivity index is 2.60. The molecule has 0 aromatic heterocycles. The number of aliphatic hydroxyl groups is 1. The quantitative estimate of drug-likeness (QED) is 0.377. The summed E-state index contributed by atoms with van der Waals surface area (Å²) < 4.78 is 40.5. The van der Waals surface area contributed by atoms with Gasteiger partial charge in [0, 0.05) is 22.3 Å². The van der Waals surface area contributed by atoms with Crippen molar-refractivity contribution in [2.45, 2.75) is 45.8 Å². The first-order valence-corrected chi connectivity index (χ1v) is 12.3. The monoisotopic (exact) mass is 530 g/mol. The van der Waals surface area contributed by atoms with Gasteiger partial charge in [0.15, 0.2) is 29.1 Å². The topological polar surface area (TPSA) is 102 Å². The number of hydrogen-bond donors (Lipinski definition) is 1. The van der Waals surface area contributed by atoms with Crippen molar-refractivity contribution in [2.75, 3.05) is 42.7 Å². The summed E-state index contributed by atoms with van der Waals surface area (Å²) in [5.41, 5.74) is 1.34. The highest BCUT2D eigenvalue weighted by Crippen LogP contribution is 2.58. The van der Waals surface area contributed by atoms with Gasteiger partial charge in [-0.15, -0.1) is 0 Å². The lowest BCUT2D eigenvalue weighted by molar-refractivity contribution is -0.166. The molecular formula is C29H38O9. The molecule has 9 heteroatoms. The fourth-order valence-corrected chi connectivity index (χ4v) is 4.89. The molecule has 0 bridgehead atoms. The molecule has 0 radical (unpaired) electrons. The minimum atomic E-state index is -1.50. The summed E-state index contributed by atoms with van der Waals surface area (Å²) in [6.07, 6.45) is 0.955. The lowest BCUT2D eigenvalue weighted by Gasteiger charge is -2.41. The fraction of sp³-hybridized carbons (Fsp3) is 0.483. The Morgan fingerprint density at radius 1 is 0.868 bits per heavy atom. The summed E-state index contributed by atoms with van der Waals surface area (Å²) in [6, 6.07) is 3.56. The Labute approximate surface area is 224 Å². The first-order chi connectivity index (χ1) is 18.0. The van der Waals surface area contributed by atoms with Crippen LogP contribution in [0.2, 0.25) is 0 Å². The Morgan fingerprint density at radius 2 is 1.37 bits per heavy atom. The van der Waals surface area contributed by atoms with Gasteiger partial charge in [0.25, 0.3) is 0 Å². The number of rotatable bonds is 8. The van der Waals surface area contributed by atoms with E-state index >= 15 is 0 Å². The maximum Gasteiger partial charge on any atom is 0.334 e. The van der Waals surface area contributed by atoms with Crippen LogP contribution in [-0.2, 0) is 16.0 Å². The van der Waals surface area contributed by atoms with Crippen molar-refractivity contribution in [3.63, 3.8) is 0 Å². The molecule has 1 N–H and O–H groups in total. The Bertz CT molecular complexity index is 1230. The van der Waals surface area contributed by atoms with E-state index in [2.05, 4.69) is 0 Å². The number of methoxy groups -OCH3 is 6. The van der Waals surface area contributed by atoms with Crippen molar-refractivity contribution >= 4 is 5.97 Å². The molecule has 3 rings (SSSR count). The van der Waals surface area contributed by atoms with Gasteiger partial charge < -0.3 is 38.3 Å². The van der Waals surface area contributed by atoms with E-state index in [9.17, 15) is 9.90 Å². The number of hydrogen-bond acceptors (Lipinski definition) is 9. The van der Waals surface area contributed by atoms with Crippen LogP contribution in [0.5, 0.6) is 34.5 Å². The first kappa shape index (κ1) is 29.0. The molecule has 0 saturated heterocycles. The standard InChI is InChI=1S/C29H38O9/c1-11-15(2)28(30)38-27-18-14-20(33-6)24(35-8)26(37-10)22(18)21-17(12-16(3)29(27,4)31)13-19(32-5)23(34-7)25(21)36-9/h11,13-14,16,27,31H,12H2,1-10H3/b15-11+/t16-,27-,29-/m1/s1. The van der Waals surface area contributed by atoms with Crippen LogP contribution in [0.15, 0.2) is 23.8 Å². The number of esters is 1. The van der Waals surface area contributed by atoms with Gasteiger partial charge in [0.1, 0.15) is 5.60 Å². The molecule has 0 spiro atoms. The summed E-state index contributed by atoms with van der Waals surface area (Å²) in [7, 11) is 9.13. The highest BCUT2D eigenvalue weighted by molar-refractivity contribution is 5.90. The van der Waals surface area contributed by atoms with Gasteiger partial charge in [-0.2, -0.15) is 0 Å². The van der Waals surface area contributed by atoms with Crippen molar-refractivity contribution in [3.8, 4) is 45.6 Å². The van der Waals surface area contributed by atoms with E-state index in [0.717, 1.165) is 5.56 Å². The van der Waals surface area contributed by atoms with E-state index in [0.29, 0.717) is 63.2 Å². The number of fused-ring (bicyclic) bond motifs is 3. The van der Waals surface area contributed by atoms with Crippen LogP contribution < -0.4 is 28.4 Å². The second-order valence-corrected chi connectivity index (χ2v) is 9.38. The molecule has 3 atom stereocenters. The summed E-state index contributed by atoms with van der Waals surface area (Å²) >= 11 is 0. The predicted octanol–water partition coefficient (Wildman–Crippen LogP) is 4.90. The average Bonchev–Trinajstić information content (AvgIpc) is 2.92. The Hall–Kier alpha value is -3.59. The SMILES string of the molecule is C/C=C(\C)C(=O)O[C@@H]1c2cc(OC)c(OC)c(OC)c2-c2c(cc(OC)c(OC)c2OC)C[C@@H](C)[C@@]1(C)O. The van der Waals surface area contributed by atoms with Gasteiger partial charge in [-0.1, -0.05) is 13.0 Å². The van der Waals surface area contributed by atoms with Crippen molar-refractivity contribution in [1.82, 2.24) is 0 Å². The number of ether oxygens (including phenoxy) is 7. The molecule has 208 valence electrons. The highest BCUT2D eigenvalue weighted by atomic mass is 16.6. The molecule has 0 saturated carbocycles. The summed E-state index contributed by atoms with van der Waals surface area (Å²) in [4.78, 5) is 13.1. The van der Waals surface area contributed by atoms with Gasteiger partial charge in [0.05, 0.1) is 42.7 Å². The summed E-state index contributed by atoms with van der Waals surface area (Å²) in [6.45, 7) is 6.98. The number of allylic oxidation sites excluding steroid dienone is 1. The van der Waals surface area contributed by atoms with Crippen molar-refractivity contribution < 1.29 is 43.1 Å². The Morgan fingerprint density at radius 3 is 1.84 bits per heavy atom. The minimum absolute atomic E-state index is 0.322. The molecule has 0 heterocycles. The van der Waals surface area contributed by atoms with Gasteiger partial charge in [-0.3, -0.25) is 0 Å². The molecule has 0 aliphatic heterocycles. The zero-order valence-electron chi connectivity index (χ0n) is 23.8. The van der Waals surface area contributed by atoms with E-state index in [-0.39, 0.29) is 5.92 Å². The first-order valence-electron chi connectivity index (χ1n) is 12.3. The Kier molecular flexibility index (Phi) is 8.72. The maximum atomic E-state index is 13.1. The molecule has 1 aliphatic rings. The minimum Gasteiger partial charge on any atom is -0.493 e. The van der Waals surface area contributed by atoms with Crippen LogP contribution in [0.1, 0.15) is 44.9 Å². The van der Waals surface area contributed by atoms with Crippen LogP contribution >= 0.6 is 0 Å². The van der Waals surface area contributed by atoms with E-state index in [1.165, 1.54) is 35.5 Å². The van der Waals surface area contributed by atoms with Crippen LogP contribution in [0.4, 0.5) is 0 Å². The van der Waals surface area contributed by atoms with Crippen molar-refractivity contribution in [3.05, 3.63) is 34.9 Å². The molecule has 1 aliphatic carbocycles. The zero-order chi connectivity index (χ0) is 28.4. The average molecular weight is 531 g/mol. The van der Waals surface area contributed by atoms with Crippen molar-refractivity contribution in [2.24, 2.45) is 5.92 Å². The van der Waals surface area contributed by atoms with Gasteiger partial charge in [-0.05, 0) is 50.8 Å². The predicted molar refractivity (Wildman–Crippen MR) is 143 cm³/mol. The van der Waals surface area contributed by atoms with E-state index < -0.39 is 17.7 Å². The van der Waals surface area contributed by atoms with Crippen LogP contribution in [0.25, 0.3) is 11.1 Å². The molecule has 0 unspecified atom stereocenters. The van der Waals surface area contributed by atoms with E-state index in [1.807, 2.05) is 13.0 Å². The van der Waals surface area contributed by atoms with Gasteiger partial charge in [0.2, 0.25) is 11.5 Å². The highest BCUT2D eigenvalue weighted by Gasteiger charge is 2.47. The third kappa shape index (κ3) is 4.71. The normalized spacial score (nSPS) is 20.8. The van der Waals surface area contributed by atoms with E-state index in [4.69, 9.17) is 33.2 Å². The molecule has 0 amide bonds. The van der Waals surface area contributed by atoms with Gasteiger partial charge in [-0.25, -0.2) is 4.79 Å². The summed E-state index contributed by atoms with van der Waals surface area (Å²) in [5, 5.41) is 12.0. The maximum absolute atomic E-state index is 13.1. The van der Waals surface area contributed by atoms with Crippen LogP contribution in [0.3, 0.4) is 0 Å². The lowest BCUT2D eigenvalue weighted by Crippen LogP contribution is -2.44. The number of carbonyl (C=O) groups is 1. The zero-order valence-corrected chi connectivity index (χ0v) is 23.8. The van der Waals surface area contributed by atoms with Crippen LogP contribution in [0, 0.1) is 5.92 Å². The third-order valence-corrected chi connectivity index (χ3v) is 7.34. The van der Waals surface area contributed by atoms with Crippen LogP contribution in [-0.4, -0.2) is 59.3 Å². The molecular weight excluding hydrogens is 492 g/mol. The van der Waals surface area contributed by atoms with Crippen molar-refractivity contribution in [1.29, 1.82) is 0 Å². The third-order valence-electron chi connectivity index (χ3n) is 7.34. The number of carbonyl (C=O) groups excluding carboxylic acids is 1. The molecule has 0 fully saturated rings. The molecule has 2 aromatic carbocycles. The summed E-state index contributed by atoms with van der Waals surface area (Å²) in [5.74, 6) is 1.33. The smallest absolute Gasteiger partial charge is 0.334 e.